The highest BCUT2D eigenvalue weighted by Crippen LogP contribution is 2.34. The molecule has 0 fully saturated rings. The van der Waals surface area contributed by atoms with Crippen LogP contribution in [0.3, 0.4) is 0 Å². The molecule has 1 aromatic rings. The maximum atomic E-state index is 6.12. The smallest absolute Gasteiger partial charge is 0.125 e. The van der Waals surface area contributed by atoms with Gasteiger partial charge in [-0.25, -0.2) is 0 Å². The van der Waals surface area contributed by atoms with Gasteiger partial charge in [-0.2, -0.15) is 0 Å². The lowest BCUT2D eigenvalue weighted by Crippen LogP contribution is -2.37. The van der Waals surface area contributed by atoms with Crippen molar-refractivity contribution in [2.75, 3.05) is 32.3 Å². The summed E-state index contributed by atoms with van der Waals surface area (Å²) in [6.45, 7) is 7.85. The number of ether oxygens (including phenoxy) is 2. The second-order valence-corrected chi connectivity index (χ2v) is 4.77. The molecule has 0 bridgehead atoms. The normalized spacial score (nSPS) is 14.0. The molecule has 1 aromatic carbocycles. The number of hydrogen-bond acceptors (Lipinski definition) is 4. The fraction of sp³-hybridized carbons (Fsp3) is 0.600. The minimum atomic E-state index is -0.0741. The van der Waals surface area contributed by atoms with Crippen LogP contribution in [-0.2, 0) is 4.74 Å². The van der Waals surface area contributed by atoms with Crippen molar-refractivity contribution in [3.05, 3.63) is 23.8 Å². The number of anilines is 1. The van der Waals surface area contributed by atoms with E-state index in [4.69, 9.17) is 15.2 Å². The van der Waals surface area contributed by atoms with E-state index in [0.29, 0.717) is 12.6 Å². The quantitative estimate of drug-likeness (QED) is 0.824. The number of nitrogens with zero attached hydrogens (tertiary/aromatic N) is 1. The minimum Gasteiger partial charge on any atom is -0.496 e. The van der Waals surface area contributed by atoms with Gasteiger partial charge in [0.2, 0.25) is 0 Å². The van der Waals surface area contributed by atoms with Crippen LogP contribution < -0.4 is 15.4 Å². The zero-order chi connectivity index (χ0) is 14.4. The lowest BCUT2D eigenvalue weighted by molar-refractivity contribution is 0.182. The third-order valence-corrected chi connectivity index (χ3v) is 3.31. The summed E-state index contributed by atoms with van der Waals surface area (Å²) in [5.41, 5.74) is 8.30. The van der Waals surface area contributed by atoms with Gasteiger partial charge < -0.3 is 20.1 Å². The van der Waals surface area contributed by atoms with Crippen molar-refractivity contribution in [3.63, 3.8) is 0 Å². The molecule has 0 radical (unpaired) electrons. The second kappa shape index (κ2) is 7.36. The molecule has 1 unspecified atom stereocenters. The van der Waals surface area contributed by atoms with Crippen LogP contribution in [0.4, 0.5) is 5.69 Å². The Bertz CT molecular complexity index is 394. The van der Waals surface area contributed by atoms with Crippen molar-refractivity contribution in [1.82, 2.24) is 0 Å². The molecule has 4 heteroatoms. The molecule has 0 aliphatic heterocycles. The topological polar surface area (TPSA) is 47.7 Å². The standard InChI is InChI=1S/C15H26N2O2/c1-6-17(11(2)10-18-4)13-8-7-9-14(19-5)15(13)12(3)16/h7-9,11-12H,6,10,16H2,1-5H3/t11?,12-/m1/s1. The molecule has 0 spiro atoms. The Morgan fingerprint density at radius 3 is 2.42 bits per heavy atom. The SMILES string of the molecule is CCN(c1cccc(OC)c1[C@@H](C)N)C(C)COC. The Labute approximate surface area is 116 Å². The molecule has 1 rings (SSSR count). The van der Waals surface area contributed by atoms with Gasteiger partial charge in [-0.15, -0.1) is 0 Å². The van der Waals surface area contributed by atoms with Crippen LogP contribution in [0.15, 0.2) is 18.2 Å². The third-order valence-electron chi connectivity index (χ3n) is 3.31. The van der Waals surface area contributed by atoms with Crippen molar-refractivity contribution in [2.45, 2.75) is 32.9 Å². The molecule has 0 aromatic heterocycles. The molecule has 0 aliphatic carbocycles. The number of nitrogens with two attached hydrogens (primary N) is 1. The van der Waals surface area contributed by atoms with E-state index >= 15 is 0 Å². The molecule has 108 valence electrons. The van der Waals surface area contributed by atoms with Crippen LogP contribution in [0, 0.1) is 0 Å². The van der Waals surface area contributed by atoms with Gasteiger partial charge in [0, 0.05) is 37.0 Å². The van der Waals surface area contributed by atoms with E-state index in [1.165, 1.54) is 0 Å². The summed E-state index contributed by atoms with van der Waals surface area (Å²) in [7, 11) is 3.41. The van der Waals surface area contributed by atoms with Gasteiger partial charge in [-0.1, -0.05) is 6.07 Å². The highest BCUT2D eigenvalue weighted by Gasteiger charge is 2.20. The first kappa shape index (κ1) is 15.8. The summed E-state index contributed by atoms with van der Waals surface area (Å²) in [6, 6.07) is 6.27. The molecule has 0 amide bonds. The number of rotatable bonds is 7. The van der Waals surface area contributed by atoms with E-state index < -0.39 is 0 Å². The highest BCUT2D eigenvalue weighted by molar-refractivity contribution is 5.61. The fourth-order valence-electron chi connectivity index (χ4n) is 2.47. The van der Waals surface area contributed by atoms with Crippen LogP contribution in [-0.4, -0.2) is 33.4 Å². The van der Waals surface area contributed by atoms with Crippen LogP contribution in [0.5, 0.6) is 5.75 Å². The van der Waals surface area contributed by atoms with Crippen LogP contribution in [0.2, 0.25) is 0 Å². The van der Waals surface area contributed by atoms with Gasteiger partial charge in [0.1, 0.15) is 5.75 Å². The largest absolute Gasteiger partial charge is 0.496 e. The van der Waals surface area contributed by atoms with E-state index in [-0.39, 0.29) is 6.04 Å². The first-order chi connectivity index (χ1) is 9.06. The zero-order valence-electron chi connectivity index (χ0n) is 12.6. The molecule has 0 saturated heterocycles. The maximum absolute atomic E-state index is 6.12. The zero-order valence-corrected chi connectivity index (χ0v) is 12.6. The van der Waals surface area contributed by atoms with Crippen molar-refractivity contribution >= 4 is 5.69 Å². The summed E-state index contributed by atoms with van der Waals surface area (Å²) in [5.74, 6) is 0.843. The van der Waals surface area contributed by atoms with Crippen molar-refractivity contribution in [2.24, 2.45) is 5.73 Å². The number of benzene rings is 1. The monoisotopic (exact) mass is 266 g/mol. The maximum Gasteiger partial charge on any atom is 0.125 e. The molecule has 0 saturated carbocycles. The van der Waals surface area contributed by atoms with E-state index in [1.54, 1.807) is 14.2 Å². The number of likely N-dealkylation sites (N-methyl/N-ethyl adjacent to an activating group) is 1. The highest BCUT2D eigenvalue weighted by atomic mass is 16.5. The molecule has 19 heavy (non-hydrogen) atoms. The van der Waals surface area contributed by atoms with Gasteiger partial charge >= 0.3 is 0 Å². The van der Waals surface area contributed by atoms with Gasteiger partial charge in [-0.05, 0) is 32.9 Å². The van der Waals surface area contributed by atoms with E-state index in [9.17, 15) is 0 Å². The molecule has 2 atom stereocenters. The summed E-state index contributed by atoms with van der Waals surface area (Å²) in [5, 5.41) is 0. The van der Waals surface area contributed by atoms with Crippen molar-refractivity contribution < 1.29 is 9.47 Å². The first-order valence-corrected chi connectivity index (χ1v) is 6.74. The second-order valence-electron chi connectivity index (χ2n) is 4.77. The molecular formula is C15H26N2O2. The van der Waals surface area contributed by atoms with E-state index in [2.05, 4.69) is 24.8 Å². The summed E-state index contributed by atoms with van der Waals surface area (Å²) in [6.07, 6.45) is 0. The van der Waals surface area contributed by atoms with Crippen LogP contribution in [0.25, 0.3) is 0 Å². The first-order valence-electron chi connectivity index (χ1n) is 6.74. The van der Waals surface area contributed by atoms with Gasteiger partial charge in [0.25, 0.3) is 0 Å². The van der Waals surface area contributed by atoms with E-state index in [0.717, 1.165) is 23.5 Å². The molecule has 0 aliphatic rings. The Hall–Kier alpha value is -1.26. The van der Waals surface area contributed by atoms with Crippen LogP contribution >= 0.6 is 0 Å². The Kier molecular flexibility index (Phi) is 6.12. The van der Waals surface area contributed by atoms with Gasteiger partial charge in [0.05, 0.1) is 13.7 Å². The summed E-state index contributed by atoms with van der Waals surface area (Å²) >= 11 is 0. The molecule has 0 heterocycles. The van der Waals surface area contributed by atoms with Gasteiger partial charge in [-0.3, -0.25) is 0 Å². The average molecular weight is 266 g/mol. The average Bonchev–Trinajstić information content (AvgIpc) is 2.39. The summed E-state index contributed by atoms with van der Waals surface area (Å²) in [4.78, 5) is 2.30. The Morgan fingerprint density at radius 1 is 1.26 bits per heavy atom. The molecular weight excluding hydrogens is 240 g/mol. The van der Waals surface area contributed by atoms with Crippen molar-refractivity contribution in [3.8, 4) is 5.75 Å². The summed E-state index contributed by atoms with van der Waals surface area (Å²) < 4.78 is 10.7. The van der Waals surface area contributed by atoms with Gasteiger partial charge in [0.15, 0.2) is 0 Å². The van der Waals surface area contributed by atoms with Crippen LogP contribution in [0.1, 0.15) is 32.4 Å². The fourth-order valence-corrected chi connectivity index (χ4v) is 2.47. The number of methoxy groups -OCH3 is 2. The Balaban J connectivity index is 3.22. The van der Waals surface area contributed by atoms with Crippen molar-refractivity contribution in [1.29, 1.82) is 0 Å². The lowest BCUT2D eigenvalue weighted by Gasteiger charge is -2.33. The lowest BCUT2D eigenvalue weighted by atomic mass is 10.0. The third kappa shape index (κ3) is 3.61. The molecule has 4 nitrogen and oxygen atoms in total. The Morgan fingerprint density at radius 2 is 1.95 bits per heavy atom. The number of hydrogen-bond donors (Lipinski definition) is 1. The minimum absolute atomic E-state index is 0.0741. The predicted molar refractivity (Wildman–Crippen MR) is 80.0 cm³/mol. The predicted octanol–water partition coefficient (Wildman–Crippen LogP) is 2.58. The molecule has 2 N–H and O–H groups in total. The van der Waals surface area contributed by atoms with E-state index in [1.807, 2.05) is 19.1 Å².